The van der Waals surface area contributed by atoms with Crippen LogP contribution in [0.1, 0.15) is 21.7 Å². The number of carbonyl (C=O) groups excluding carboxylic acids is 1. The summed E-state index contributed by atoms with van der Waals surface area (Å²) >= 11 is 0. The molecule has 0 radical (unpaired) electrons. The second-order valence-corrected chi connectivity index (χ2v) is 5.72. The largest absolute Gasteiger partial charge is 0.467 e. The molecule has 0 atom stereocenters. The molecule has 2 heterocycles. The number of rotatable bonds is 4. The van der Waals surface area contributed by atoms with Crippen LogP contribution in [0.15, 0.2) is 64.0 Å². The van der Waals surface area contributed by atoms with Crippen molar-refractivity contribution in [1.29, 1.82) is 0 Å². The Morgan fingerprint density at radius 1 is 1.17 bits per heavy atom. The third kappa shape index (κ3) is 3.30. The molecule has 2 aromatic heterocycles. The number of nitrogens with zero attached hydrogens (tertiary/aromatic N) is 1. The first-order valence-corrected chi connectivity index (χ1v) is 7.63. The second-order valence-electron chi connectivity index (χ2n) is 5.72. The van der Waals surface area contributed by atoms with E-state index >= 15 is 0 Å². The van der Waals surface area contributed by atoms with Crippen molar-refractivity contribution in [2.45, 2.75) is 13.5 Å². The highest BCUT2D eigenvalue weighted by atomic mass is 16.3. The number of hydrogen-bond donors (Lipinski definition) is 1. The first kappa shape index (κ1) is 15.8. The Labute approximate surface area is 139 Å². The van der Waals surface area contributed by atoms with Gasteiger partial charge in [-0.1, -0.05) is 23.8 Å². The standard InChI is InChI=1S/C19H18N2O3/c1-13-5-3-6-14(11-13)17-9-8-16(18(22)20-17)19(23)21(2)12-15-7-4-10-24-15/h3-11H,12H2,1-2H3,(H,20,22). The average Bonchev–Trinajstić information content (AvgIpc) is 3.07. The van der Waals surface area contributed by atoms with Gasteiger partial charge in [-0.25, -0.2) is 0 Å². The van der Waals surface area contributed by atoms with Gasteiger partial charge in [0.1, 0.15) is 11.3 Å². The molecule has 1 N–H and O–H groups in total. The van der Waals surface area contributed by atoms with Gasteiger partial charge in [0.05, 0.1) is 12.8 Å². The van der Waals surface area contributed by atoms with E-state index in [0.717, 1.165) is 11.1 Å². The van der Waals surface area contributed by atoms with Gasteiger partial charge in [-0.15, -0.1) is 0 Å². The molecule has 24 heavy (non-hydrogen) atoms. The quantitative estimate of drug-likeness (QED) is 0.802. The van der Waals surface area contributed by atoms with Gasteiger partial charge in [-0.3, -0.25) is 9.59 Å². The monoisotopic (exact) mass is 322 g/mol. The summed E-state index contributed by atoms with van der Waals surface area (Å²) in [6.45, 7) is 2.30. The van der Waals surface area contributed by atoms with E-state index in [9.17, 15) is 9.59 Å². The minimum atomic E-state index is -0.398. The summed E-state index contributed by atoms with van der Waals surface area (Å²) in [7, 11) is 1.64. The molecule has 0 saturated heterocycles. The van der Waals surface area contributed by atoms with E-state index in [1.165, 1.54) is 4.90 Å². The van der Waals surface area contributed by atoms with E-state index in [2.05, 4.69) is 4.98 Å². The molecular formula is C19H18N2O3. The Morgan fingerprint density at radius 2 is 2.00 bits per heavy atom. The summed E-state index contributed by atoms with van der Waals surface area (Å²) in [5.74, 6) is 0.321. The van der Waals surface area contributed by atoms with Gasteiger partial charge in [-0.2, -0.15) is 0 Å². The third-order valence-corrected chi connectivity index (χ3v) is 3.79. The van der Waals surface area contributed by atoms with Crippen molar-refractivity contribution in [3.8, 4) is 11.3 Å². The maximum atomic E-state index is 12.5. The number of H-pyrrole nitrogens is 1. The molecule has 0 aliphatic carbocycles. The van der Waals surface area contributed by atoms with E-state index in [1.807, 2.05) is 31.2 Å². The minimum Gasteiger partial charge on any atom is -0.467 e. The summed E-state index contributed by atoms with van der Waals surface area (Å²) in [5, 5.41) is 0. The molecule has 3 aromatic rings. The lowest BCUT2D eigenvalue weighted by Crippen LogP contribution is -2.31. The lowest BCUT2D eigenvalue weighted by atomic mass is 10.1. The molecule has 1 aromatic carbocycles. The van der Waals surface area contributed by atoms with E-state index in [1.54, 1.807) is 37.6 Å². The molecule has 122 valence electrons. The first-order chi connectivity index (χ1) is 11.5. The van der Waals surface area contributed by atoms with Gasteiger partial charge in [0.2, 0.25) is 0 Å². The van der Waals surface area contributed by atoms with Crippen molar-refractivity contribution in [3.05, 3.63) is 82.0 Å². The zero-order valence-electron chi connectivity index (χ0n) is 13.6. The fourth-order valence-corrected chi connectivity index (χ4v) is 2.54. The fourth-order valence-electron chi connectivity index (χ4n) is 2.54. The summed E-state index contributed by atoms with van der Waals surface area (Å²) in [6, 6.07) is 14.7. The molecule has 0 aliphatic heterocycles. The highest BCUT2D eigenvalue weighted by Crippen LogP contribution is 2.17. The maximum Gasteiger partial charge on any atom is 0.261 e. The zero-order chi connectivity index (χ0) is 17.1. The van der Waals surface area contributed by atoms with E-state index in [-0.39, 0.29) is 11.5 Å². The Balaban J connectivity index is 1.84. The predicted octanol–water partition coefficient (Wildman–Crippen LogP) is 3.22. The van der Waals surface area contributed by atoms with Gasteiger partial charge in [0, 0.05) is 12.7 Å². The number of nitrogens with one attached hydrogen (secondary N) is 1. The van der Waals surface area contributed by atoms with Crippen LogP contribution in [0.4, 0.5) is 0 Å². The smallest absolute Gasteiger partial charge is 0.261 e. The van der Waals surface area contributed by atoms with Crippen LogP contribution in [0.2, 0.25) is 0 Å². The minimum absolute atomic E-state index is 0.112. The van der Waals surface area contributed by atoms with Gasteiger partial charge in [0.15, 0.2) is 0 Å². The summed E-state index contributed by atoms with van der Waals surface area (Å²) in [5.41, 5.74) is 2.42. The van der Waals surface area contributed by atoms with Crippen molar-refractivity contribution < 1.29 is 9.21 Å². The van der Waals surface area contributed by atoms with Crippen LogP contribution in [0, 0.1) is 6.92 Å². The number of pyridine rings is 1. The van der Waals surface area contributed by atoms with E-state index in [0.29, 0.717) is 18.0 Å². The van der Waals surface area contributed by atoms with Crippen molar-refractivity contribution in [2.75, 3.05) is 7.05 Å². The van der Waals surface area contributed by atoms with Crippen LogP contribution >= 0.6 is 0 Å². The average molecular weight is 322 g/mol. The Bertz CT molecular complexity index is 910. The van der Waals surface area contributed by atoms with Crippen molar-refractivity contribution in [2.24, 2.45) is 0 Å². The highest BCUT2D eigenvalue weighted by Gasteiger charge is 2.17. The molecule has 0 unspecified atom stereocenters. The van der Waals surface area contributed by atoms with Crippen LogP contribution < -0.4 is 5.56 Å². The number of furan rings is 1. The van der Waals surface area contributed by atoms with E-state index in [4.69, 9.17) is 4.42 Å². The van der Waals surface area contributed by atoms with Crippen molar-refractivity contribution in [1.82, 2.24) is 9.88 Å². The van der Waals surface area contributed by atoms with Crippen molar-refractivity contribution >= 4 is 5.91 Å². The molecule has 1 amide bonds. The molecule has 0 fully saturated rings. The molecule has 3 rings (SSSR count). The molecular weight excluding hydrogens is 304 g/mol. The Kier molecular flexibility index (Phi) is 4.33. The zero-order valence-corrected chi connectivity index (χ0v) is 13.6. The molecule has 0 saturated carbocycles. The Morgan fingerprint density at radius 3 is 2.67 bits per heavy atom. The number of benzene rings is 1. The molecule has 0 bridgehead atoms. The van der Waals surface area contributed by atoms with Crippen LogP contribution in [0.25, 0.3) is 11.3 Å². The van der Waals surface area contributed by atoms with E-state index < -0.39 is 5.56 Å². The van der Waals surface area contributed by atoms with Crippen LogP contribution in [-0.4, -0.2) is 22.8 Å². The van der Waals surface area contributed by atoms with Crippen LogP contribution in [0.3, 0.4) is 0 Å². The number of hydrogen-bond acceptors (Lipinski definition) is 3. The summed E-state index contributed by atoms with van der Waals surface area (Å²) < 4.78 is 5.23. The number of amides is 1. The molecule has 0 spiro atoms. The number of aromatic nitrogens is 1. The number of carbonyl (C=O) groups is 1. The van der Waals surface area contributed by atoms with Gasteiger partial charge in [0.25, 0.3) is 11.5 Å². The molecule has 5 nitrogen and oxygen atoms in total. The van der Waals surface area contributed by atoms with Gasteiger partial charge >= 0.3 is 0 Å². The second kappa shape index (κ2) is 6.58. The van der Waals surface area contributed by atoms with Gasteiger partial charge in [-0.05, 0) is 42.8 Å². The molecule has 5 heteroatoms. The van der Waals surface area contributed by atoms with Gasteiger partial charge < -0.3 is 14.3 Å². The van der Waals surface area contributed by atoms with Crippen LogP contribution in [0.5, 0.6) is 0 Å². The number of aromatic amines is 1. The highest BCUT2D eigenvalue weighted by molar-refractivity contribution is 5.93. The molecule has 0 aliphatic rings. The van der Waals surface area contributed by atoms with Crippen LogP contribution in [-0.2, 0) is 6.54 Å². The van der Waals surface area contributed by atoms with Crippen molar-refractivity contribution in [3.63, 3.8) is 0 Å². The lowest BCUT2D eigenvalue weighted by Gasteiger charge is -2.15. The first-order valence-electron chi connectivity index (χ1n) is 7.63. The summed E-state index contributed by atoms with van der Waals surface area (Å²) in [4.78, 5) is 29.0. The third-order valence-electron chi connectivity index (χ3n) is 3.79. The predicted molar refractivity (Wildman–Crippen MR) is 91.7 cm³/mol. The summed E-state index contributed by atoms with van der Waals surface area (Å²) in [6.07, 6.45) is 1.55. The fraction of sp³-hybridized carbons (Fsp3) is 0.158. The maximum absolute atomic E-state index is 12.5. The lowest BCUT2D eigenvalue weighted by molar-refractivity contribution is 0.0773. The normalized spacial score (nSPS) is 10.6. The SMILES string of the molecule is Cc1cccc(-c2ccc(C(=O)N(C)Cc3ccco3)c(=O)[nH]2)c1. The topological polar surface area (TPSA) is 66.3 Å². The Hall–Kier alpha value is -3.08. The number of aryl methyl sites for hydroxylation is 1.